The van der Waals surface area contributed by atoms with Crippen LogP contribution in [0.15, 0.2) is 24.3 Å². The zero-order valence-corrected chi connectivity index (χ0v) is 12.4. The van der Waals surface area contributed by atoms with Crippen molar-refractivity contribution in [3.8, 4) is 0 Å². The number of hydrogen-bond acceptors (Lipinski definition) is 2. The van der Waals surface area contributed by atoms with Crippen LogP contribution in [0.1, 0.15) is 31.4 Å². The van der Waals surface area contributed by atoms with Crippen LogP contribution in [0.3, 0.4) is 0 Å². The third-order valence-corrected chi connectivity index (χ3v) is 4.04. The van der Waals surface area contributed by atoms with Crippen LogP contribution < -0.4 is 5.32 Å². The summed E-state index contributed by atoms with van der Waals surface area (Å²) >= 11 is 2.39. The second-order valence-electron chi connectivity index (χ2n) is 4.54. The van der Waals surface area contributed by atoms with Gasteiger partial charge in [0.15, 0.2) is 0 Å². The molecule has 1 fully saturated rings. The van der Waals surface area contributed by atoms with Gasteiger partial charge in [-0.3, -0.25) is 0 Å². The number of rotatable bonds is 4. The summed E-state index contributed by atoms with van der Waals surface area (Å²) in [5, 5.41) is 3.64. The van der Waals surface area contributed by atoms with E-state index in [0.29, 0.717) is 12.0 Å². The summed E-state index contributed by atoms with van der Waals surface area (Å²) in [6.45, 7) is 5.03. The van der Waals surface area contributed by atoms with Crippen LogP contribution in [-0.4, -0.2) is 19.8 Å². The molecule has 0 aliphatic carbocycles. The Kier molecular flexibility index (Phi) is 5.25. The molecule has 0 bridgehead atoms. The van der Waals surface area contributed by atoms with Gasteiger partial charge in [-0.05, 0) is 65.6 Å². The van der Waals surface area contributed by atoms with Gasteiger partial charge in [-0.2, -0.15) is 0 Å². The predicted octanol–water partition coefficient (Wildman–Crippen LogP) is 3.37. The minimum atomic E-state index is 0.485. The molecular formula is C14H20INO. The lowest BCUT2D eigenvalue weighted by Gasteiger charge is -2.31. The van der Waals surface area contributed by atoms with Crippen LogP contribution in [0.5, 0.6) is 0 Å². The Morgan fingerprint density at radius 3 is 2.82 bits per heavy atom. The highest BCUT2D eigenvalue weighted by molar-refractivity contribution is 14.1. The van der Waals surface area contributed by atoms with Crippen LogP contribution in [-0.2, 0) is 4.74 Å². The SMILES string of the molecule is CCNC(c1cccc(I)c1)C1CCOCC1. The molecule has 1 aromatic carbocycles. The van der Waals surface area contributed by atoms with Crippen molar-refractivity contribution < 1.29 is 4.74 Å². The topological polar surface area (TPSA) is 21.3 Å². The van der Waals surface area contributed by atoms with Gasteiger partial charge in [0.1, 0.15) is 0 Å². The lowest BCUT2D eigenvalue weighted by molar-refractivity contribution is 0.0538. The highest BCUT2D eigenvalue weighted by Gasteiger charge is 2.24. The second-order valence-corrected chi connectivity index (χ2v) is 5.79. The minimum Gasteiger partial charge on any atom is -0.381 e. The van der Waals surface area contributed by atoms with Crippen molar-refractivity contribution in [3.63, 3.8) is 0 Å². The fourth-order valence-electron chi connectivity index (χ4n) is 2.53. The van der Waals surface area contributed by atoms with Gasteiger partial charge in [0.25, 0.3) is 0 Å². The molecule has 0 saturated carbocycles. The third-order valence-electron chi connectivity index (χ3n) is 3.37. The largest absolute Gasteiger partial charge is 0.381 e. The van der Waals surface area contributed by atoms with E-state index < -0.39 is 0 Å². The van der Waals surface area contributed by atoms with Crippen molar-refractivity contribution in [2.45, 2.75) is 25.8 Å². The monoisotopic (exact) mass is 345 g/mol. The molecule has 3 heteroatoms. The molecule has 94 valence electrons. The van der Waals surface area contributed by atoms with E-state index in [1.54, 1.807) is 0 Å². The van der Waals surface area contributed by atoms with Gasteiger partial charge in [-0.1, -0.05) is 19.1 Å². The van der Waals surface area contributed by atoms with E-state index >= 15 is 0 Å². The molecule has 0 aromatic heterocycles. The van der Waals surface area contributed by atoms with Crippen molar-refractivity contribution in [1.29, 1.82) is 0 Å². The van der Waals surface area contributed by atoms with Gasteiger partial charge in [0.05, 0.1) is 0 Å². The van der Waals surface area contributed by atoms with E-state index in [-0.39, 0.29) is 0 Å². The van der Waals surface area contributed by atoms with Gasteiger partial charge in [0.2, 0.25) is 0 Å². The van der Waals surface area contributed by atoms with Crippen molar-refractivity contribution in [3.05, 3.63) is 33.4 Å². The lowest BCUT2D eigenvalue weighted by atomic mass is 9.87. The first-order chi connectivity index (χ1) is 8.31. The molecule has 17 heavy (non-hydrogen) atoms. The van der Waals surface area contributed by atoms with Gasteiger partial charge in [-0.25, -0.2) is 0 Å². The Labute approximate surface area is 117 Å². The minimum absolute atomic E-state index is 0.485. The first-order valence-electron chi connectivity index (χ1n) is 6.38. The molecule has 1 atom stereocenters. The van der Waals surface area contributed by atoms with Crippen LogP contribution in [0.2, 0.25) is 0 Å². The van der Waals surface area contributed by atoms with Crippen LogP contribution in [0.25, 0.3) is 0 Å². The molecule has 2 rings (SSSR count). The normalized spacial score (nSPS) is 19.2. The molecule has 0 amide bonds. The van der Waals surface area contributed by atoms with E-state index in [1.807, 2.05) is 0 Å². The fourth-order valence-corrected chi connectivity index (χ4v) is 3.09. The maximum Gasteiger partial charge on any atom is 0.0469 e. The van der Waals surface area contributed by atoms with Crippen molar-refractivity contribution in [2.75, 3.05) is 19.8 Å². The van der Waals surface area contributed by atoms with Crippen LogP contribution in [0, 0.1) is 9.49 Å². The smallest absolute Gasteiger partial charge is 0.0469 e. The Balaban J connectivity index is 2.15. The molecule has 1 aliphatic heterocycles. The van der Waals surface area contributed by atoms with E-state index in [9.17, 15) is 0 Å². The highest BCUT2D eigenvalue weighted by Crippen LogP contribution is 2.30. The van der Waals surface area contributed by atoms with Crippen molar-refractivity contribution in [2.24, 2.45) is 5.92 Å². The van der Waals surface area contributed by atoms with Crippen molar-refractivity contribution in [1.82, 2.24) is 5.32 Å². The summed E-state index contributed by atoms with van der Waals surface area (Å²) in [5.74, 6) is 0.710. The Morgan fingerprint density at radius 2 is 2.18 bits per heavy atom. The highest BCUT2D eigenvalue weighted by atomic mass is 127. The number of benzene rings is 1. The maximum atomic E-state index is 5.46. The molecule has 1 heterocycles. The standard InChI is InChI=1S/C14H20INO/c1-2-16-14(11-6-8-17-9-7-11)12-4-3-5-13(15)10-12/h3-5,10-11,14,16H,2,6-9H2,1H3. The van der Waals surface area contributed by atoms with E-state index in [1.165, 1.54) is 22.0 Å². The number of nitrogens with one attached hydrogen (secondary N) is 1. The second kappa shape index (κ2) is 6.71. The molecule has 0 spiro atoms. The summed E-state index contributed by atoms with van der Waals surface area (Å²) in [5.41, 5.74) is 1.42. The summed E-state index contributed by atoms with van der Waals surface area (Å²) in [7, 11) is 0. The van der Waals surface area contributed by atoms with Gasteiger partial charge >= 0.3 is 0 Å². The number of hydrogen-bond donors (Lipinski definition) is 1. The maximum absolute atomic E-state index is 5.46. The van der Waals surface area contributed by atoms with Gasteiger partial charge in [-0.15, -0.1) is 0 Å². The average Bonchev–Trinajstić information content (AvgIpc) is 2.37. The van der Waals surface area contributed by atoms with Crippen LogP contribution >= 0.6 is 22.6 Å². The van der Waals surface area contributed by atoms with Crippen LogP contribution in [0.4, 0.5) is 0 Å². The number of ether oxygens (including phenoxy) is 1. The molecule has 1 aliphatic rings. The average molecular weight is 345 g/mol. The van der Waals surface area contributed by atoms with E-state index in [0.717, 1.165) is 19.8 Å². The molecule has 1 aromatic rings. The molecule has 0 radical (unpaired) electrons. The first-order valence-corrected chi connectivity index (χ1v) is 7.45. The summed E-state index contributed by atoms with van der Waals surface area (Å²) in [6.07, 6.45) is 2.34. The Bertz CT molecular complexity index is 350. The molecular weight excluding hydrogens is 325 g/mol. The zero-order valence-electron chi connectivity index (χ0n) is 10.3. The first kappa shape index (κ1) is 13.3. The van der Waals surface area contributed by atoms with E-state index in [2.05, 4.69) is 59.1 Å². The summed E-state index contributed by atoms with van der Waals surface area (Å²) < 4.78 is 6.77. The molecule has 1 N–H and O–H groups in total. The third kappa shape index (κ3) is 3.66. The van der Waals surface area contributed by atoms with E-state index in [4.69, 9.17) is 4.74 Å². The Morgan fingerprint density at radius 1 is 1.41 bits per heavy atom. The predicted molar refractivity (Wildman–Crippen MR) is 79.1 cm³/mol. The fraction of sp³-hybridized carbons (Fsp3) is 0.571. The summed E-state index contributed by atoms with van der Waals surface area (Å²) in [4.78, 5) is 0. The van der Waals surface area contributed by atoms with Crippen molar-refractivity contribution >= 4 is 22.6 Å². The molecule has 1 saturated heterocycles. The lowest BCUT2D eigenvalue weighted by Crippen LogP contribution is -2.32. The quantitative estimate of drug-likeness (QED) is 0.845. The summed E-state index contributed by atoms with van der Waals surface area (Å²) in [6, 6.07) is 9.32. The zero-order chi connectivity index (χ0) is 12.1. The van der Waals surface area contributed by atoms with Gasteiger partial charge in [0, 0.05) is 22.8 Å². The number of halogens is 1. The molecule has 1 unspecified atom stereocenters. The molecule has 2 nitrogen and oxygen atoms in total. The van der Waals surface area contributed by atoms with Gasteiger partial charge < -0.3 is 10.1 Å². The Hall–Kier alpha value is -0.130.